The summed E-state index contributed by atoms with van der Waals surface area (Å²) in [7, 11) is -4.25. The molecule has 0 saturated heterocycles. The van der Waals surface area contributed by atoms with Crippen LogP contribution in [0.3, 0.4) is 0 Å². The summed E-state index contributed by atoms with van der Waals surface area (Å²) in [4.78, 5) is 37.0. The highest BCUT2D eigenvalue weighted by Gasteiger charge is 2.22. The summed E-state index contributed by atoms with van der Waals surface area (Å²) in [6, 6.07) is 6.86. The Balaban J connectivity index is 1.48. The Morgan fingerprint density at radius 1 is 1.07 bits per heavy atom. The average Bonchev–Trinajstić information content (AvgIpc) is 3.45. The van der Waals surface area contributed by atoms with E-state index in [0.29, 0.717) is 11.8 Å². The van der Waals surface area contributed by atoms with Crippen molar-refractivity contribution >= 4 is 45.0 Å². The minimum Gasteiger partial charge on any atom is -0.467 e. The Labute approximate surface area is 251 Å². The summed E-state index contributed by atoms with van der Waals surface area (Å²) in [5.74, 6) is -3.21. The van der Waals surface area contributed by atoms with Crippen LogP contribution in [0.25, 0.3) is 0 Å². The van der Waals surface area contributed by atoms with Gasteiger partial charge < -0.3 is 24.5 Å². The van der Waals surface area contributed by atoms with Crippen LogP contribution in [0.15, 0.2) is 58.0 Å². The largest absolute Gasteiger partial charge is 0.467 e. The number of sulfonamides is 1. The minimum atomic E-state index is -4.25. The number of esters is 2. The van der Waals surface area contributed by atoms with Crippen LogP contribution in [0.5, 0.6) is 0 Å². The molecule has 3 aromatic rings. The molecule has 0 amide bonds. The summed E-state index contributed by atoms with van der Waals surface area (Å²) in [6.45, 7) is 3.04. The van der Waals surface area contributed by atoms with Gasteiger partial charge in [0.15, 0.2) is 5.78 Å². The normalized spacial score (nSPS) is 12.8. The van der Waals surface area contributed by atoms with Crippen LogP contribution in [0, 0.1) is 11.6 Å². The van der Waals surface area contributed by atoms with E-state index in [1.165, 1.54) is 19.3 Å². The minimum absolute atomic E-state index is 0.0944. The Morgan fingerprint density at radius 2 is 1.77 bits per heavy atom. The maximum absolute atomic E-state index is 13.4. The van der Waals surface area contributed by atoms with Gasteiger partial charge in [-0.15, -0.1) is 0 Å². The number of halogens is 3. The molecule has 2 unspecified atom stereocenters. The lowest BCUT2D eigenvalue weighted by Crippen LogP contribution is -2.42. The number of hydrogen-bond donors (Lipinski definition) is 3. The van der Waals surface area contributed by atoms with Crippen molar-refractivity contribution in [2.45, 2.75) is 50.2 Å². The molecular weight excluding hydrogens is 612 g/mol. The van der Waals surface area contributed by atoms with Gasteiger partial charge in [-0.05, 0) is 56.7 Å². The van der Waals surface area contributed by atoms with Crippen molar-refractivity contribution in [1.82, 2.24) is 5.32 Å². The van der Waals surface area contributed by atoms with Gasteiger partial charge in [0.05, 0.1) is 41.7 Å². The van der Waals surface area contributed by atoms with E-state index in [-0.39, 0.29) is 54.4 Å². The molecule has 0 spiro atoms. The first-order valence-electron chi connectivity index (χ1n) is 13.0. The topological polar surface area (TPSA) is 167 Å². The third kappa shape index (κ3) is 10.1. The smallest absolute Gasteiger partial charge is 0.340 e. The quantitative estimate of drug-likeness (QED) is 0.124. The van der Waals surface area contributed by atoms with Gasteiger partial charge in [-0.3, -0.25) is 9.59 Å². The standard InChI is InChI=1S/C28H30ClF2N3O8S/c1-16(34-17(2)27(36)18-9-19(30)11-20(31)10-18)15-42-26(35)6-4-8-41-28(37)22-12-25(43(32,38)39)23(29)13-24(22)33-14-21-5-3-7-40-21/h3,5,7,9-13,16-17,33-34H,4,6,8,14-15H2,1-2H3,(H2,32,38,39). The number of anilines is 1. The monoisotopic (exact) mass is 641 g/mol. The molecule has 0 aliphatic heterocycles. The van der Waals surface area contributed by atoms with Crippen LogP contribution in [-0.4, -0.2) is 51.4 Å². The second-order valence-corrected chi connectivity index (χ2v) is 11.5. The van der Waals surface area contributed by atoms with Crippen molar-refractivity contribution in [3.05, 3.63) is 82.3 Å². The highest BCUT2D eigenvalue weighted by atomic mass is 35.5. The van der Waals surface area contributed by atoms with Crippen LogP contribution >= 0.6 is 11.6 Å². The third-order valence-corrected chi connectivity index (χ3v) is 7.33. The summed E-state index contributed by atoms with van der Waals surface area (Å²) < 4.78 is 66.3. The lowest BCUT2D eigenvalue weighted by atomic mass is 10.0. The van der Waals surface area contributed by atoms with E-state index in [2.05, 4.69) is 10.6 Å². The number of ketones is 1. The van der Waals surface area contributed by atoms with Crippen molar-refractivity contribution in [1.29, 1.82) is 0 Å². The second-order valence-electron chi connectivity index (χ2n) is 9.54. The van der Waals surface area contributed by atoms with E-state index in [1.54, 1.807) is 19.1 Å². The Morgan fingerprint density at radius 3 is 2.40 bits per heavy atom. The number of ether oxygens (including phenoxy) is 2. The Hall–Kier alpha value is -3.85. The Kier molecular flexibility index (Phi) is 11.8. The fourth-order valence-corrected chi connectivity index (χ4v) is 5.03. The highest BCUT2D eigenvalue weighted by molar-refractivity contribution is 7.89. The highest BCUT2D eigenvalue weighted by Crippen LogP contribution is 2.29. The molecule has 1 heterocycles. The third-order valence-electron chi connectivity index (χ3n) is 5.96. The second kappa shape index (κ2) is 15.0. The molecule has 1 aromatic heterocycles. The predicted molar refractivity (Wildman–Crippen MR) is 152 cm³/mol. The summed E-state index contributed by atoms with van der Waals surface area (Å²) in [6.07, 6.45) is 1.45. The molecule has 15 heteroatoms. The summed E-state index contributed by atoms with van der Waals surface area (Å²) >= 11 is 6.07. The molecule has 0 aliphatic rings. The predicted octanol–water partition coefficient (Wildman–Crippen LogP) is 4.20. The summed E-state index contributed by atoms with van der Waals surface area (Å²) in [5.41, 5.74) is -0.0989. The van der Waals surface area contributed by atoms with Gasteiger partial charge in [-0.25, -0.2) is 27.1 Å². The number of carbonyl (C=O) groups excluding carboxylic acids is 3. The lowest BCUT2D eigenvalue weighted by Gasteiger charge is -2.19. The van der Waals surface area contributed by atoms with E-state index in [0.717, 1.165) is 18.2 Å². The molecule has 232 valence electrons. The molecule has 0 radical (unpaired) electrons. The fraction of sp³-hybridized carbons (Fsp3) is 0.321. The zero-order chi connectivity index (χ0) is 31.7. The number of carbonyl (C=O) groups is 3. The molecule has 0 fully saturated rings. The number of furan rings is 1. The van der Waals surface area contributed by atoms with E-state index < -0.39 is 56.4 Å². The molecular formula is C28H30ClF2N3O8S. The van der Waals surface area contributed by atoms with E-state index in [9.17, 15) is 31.6 Å². The fourth-order valence-electron chi connectivity index (χ4n) is 3.93. The van der Waals surface area contributed by atoms with Gasteiger partial charge in [0.1, 0.15) is 28.9 Å². The van der Waals surface area contributed by atoms with Crippen LogP contribution in [0.1, 0.15) is 53.2 Å². The van der Waals surface area contributed by atoms with Crippen LogP contribution in [-0.2, 0) is 30.8 Å². The molecule has 2 aromatic carbocycles. The number of hydrogen-bond acceptors (Lipinski definition) is 10. The number of nitrogens with one attached hydrogen (secondary N) is 2. The van der Waals surface area contributed by atoms with E-state index >= 15 is 0 Å². The van der Waals surface area contributed by atoms with Crippen LogP contribution < -0.4 is 15.8 Å². The molecule has 0 saturated carbocycles. The average molecular weight is 642 g/mol. The van der Waals surface area contributed by atoms with Crippen molar-refractivity contribution in [2.24, 2.45) is 5.14 Å². The van der Waals surface area contributed by atoms with Crippen LogP contribution in [0.2, 0.25) is 5.02 Å². The van der Waals surface area contributed by atoms with Gasteiger partial charge in [0.2, 0.25) is 10.0 Å². The first-order valence-corrected chi connectivity index (χ1v) is 14.9. The first kappa shape index (κ1) is 33.6. The summed E-state index contributed by atoms with van der Waals surface area (Å²) in [5, 5.41) is 10.9. The molecule has 11 nitrogen and oxygen atoms in total. The molecule has 0 bridgehead atoms. The van der Waals surface area contributed by atoms with Gasteiger partial charge >= 0.3 is 11.9 Å². The van der Waals surface area contributed by atoms with Gasteiger partial charge in [0.25, 0.3) is 0 Å². The SMILES string of the molecule is CC(COC(=O)CCCOC(=O)c1cc(S(N)(=O)=O)c(Cl)cc1NCc1ccco1)NC(C)C(=O)c1cc(F)cc(F)c1. The lowest BCUT2D eigenvalue weighted by molar-refractivity contribution is -0.144. The van der Waals surface area contributed by atoms with Gasteiger partial charge in [-0.1, -0.05) is 11.6 Å². The van der Waals surface area contributed by atoms with E-state index in [1.807, 2.05) is 0 Å². The Bertz CT molecular complexity index is 1550. The molecule has 0 aliphatic carbocycles. The van der Waals surface area contributed by atoms with Crippen LogP contribution in [0.4, 0.5) is 14.5 Å². The molecule has 3 rings (SSSR count). The maximum atomic E-state index is 13.4. The number of Topliss-reactive ketones (excluding diaryl/α,β-unsaturated/α-hetero) is 1. The van der Waals surface area contributed by atoms with E-state index in [4.69, 9.17) is 30.6 Å². The van der Waals surface area contributed by atoms with Crippen molar-refractivity contribution < 1.29 is 45.5 Å². The molecule has 2 atom stereocenters. The number of primary sulfonamides is 1. The zero-order valence-corrected chi connectivity index (χ0v) is 24.8. The van der Waals surface area contributed by atoms with Crippen molar-refractivity contribution in [3.63, 3.8) is 0 Å². The number of rotatable bonds is 15. The van der Waals surface area contributed by atoms with Crippen molar-refractivity contribution in [3.8, 4) is 0 Å². The first-order chi connectivity index (χ1) is 20.2. The zero-order valence-electron chi connectivity index (χ0n) is 23.2. The molecule has 4 N–H and O–H groups in total. The number of nitrogens with two attached hydrogens (primary N) is 1. The molecule has 43 heavy (non-hydrogen) atoms. The number of benzene rings is 2. The maximum Gasteiger partial charge on any atom is 0.340 e. The van der Waals surface area contributed by atoms with Gasteiger partial charge in [-0.2, -0.15) is 0 Å². The van der Waals surface area contributed by atoms with Gasteiger partial charge in [0, 0.05) is 24.1 Å². The van der Waals surface area contributed by atoms with Crippen molar-refractivity contribution in [2.75, 3.05) is 18.5 Å².